The molecule has 0 heterocycles. The van der Waals surface area contributed by atoms with Crippen LogP contribution in [0.3, 0.4) is 0 Å². The van der Waals surface area contributed by atoms with Gasteiger partial charge in [0.1, 0.15) is 11.5 Å². The first kappa shape index (κ1) is 17.8. The number of hydrogen-bond donors (Lipinski definition) is 0. The minimum absolute atomic E-state index is 0.833. The molecule has 0 aliphatic rings. The first-order valence-electron chi connectivity index (χ1n) is 9.45. The van der Waals surface area contributed by atoms with Gasteiger partial charge in [0.15, 0.2) is 0 Å². The molecule has 0 atom stereocenters. The lowest BCUT2D eigenvalue weighted by atomic mass is 9.95. The van der Waals surface area contributed by atoms with Crippen LogP contribution >= 0.6 is 0 Å². The van der Waals surface area contributed by atoms with Crippen molar-refractivity contribution in [2.75, 3.05) is 0 Å². The van der Waals surface area contributed by atoms with Crippen molar-refractivity contribution in [3.8, 4) is 11.5 Å². The topological polar surface area (TPSA) is 9.23 Å². The Morgan fingerprint density at radius 1 is 0.571 bits per heavy atom. The van der Waals surface area contributed by atoms with Crippen molar-refractivity contribution in [3.05, 3.63) is 131 Å². The largest absolute Gasteiger partial charge is 0.457 e. The van der Waals surface area contributed by atoms with Gasteiger partial charge >= 0.3 is 0 Å². The van der Waals surface area contributed by atoms with Crippen molar-refractivity contribution in [1.82, 2.24) is 0 Å². The maximum atomic E-state index is 5.97. The molecule has 0 aromatic heterocycles. The lowest BCUT2D eigenvalue weighted by Gasteiger charge is -2.11. The highest BCUT2D eigenvalue weighted by Gasteiger charge is 2.06. The maximum Gasteiger partial charge on any atom is 0.127 e. The molecule has 0 fully saturated rings. The van der Waals surface area contributed by atoms with Gasteiger partial charge in [-0.2, -0.15) is 0 Å². The van der Waals surface area contributed by atoms with Crippen molar-refractivity contribution in [3.63, 3.8) is 0 Å². The second kappa shape index (κ2) is 8.41. The van der Waals surface area contributed by atoms with Crippen molar-refractivity contribution in [2.24, 2.45) is 0 Å². The molecule has 0 N–H and O–H groups in total. The van der Waals surface area contributed by atoms with Gasteiger partial charge in [-0.3, -0.25) is 0 Å². The first-order valence-corrected chi connectivity index (χ1v) is 9.45. The fourth-order valence-corrected chi connectivity index (χ4v) is 3.11. The number of rotatable bonds is 5. The second-order valence-corrected chi connectivity index (χ2v) is 6.77. The average Bonchev–Trinajstić information content (AvgIpc) is 2.76. The van der Waals surface area contributed by atoms with Crippen LogP contribution in [0.25, 0.3) is 11.6 Å². The molecule has 0 unspecified atom stereocenters. The van der Waals surface area contributed by atoms with Crippen LogP contribution in [0.15, 0.2) is 109 Å². The molecular formula is C27H22O. The van der Waals surface area contributed by atoms with Gasteiger partial charge in [0.05, 0.1) is 0 Å². The summed E-state index contributed by atoms with van der Waals surface area (Å²) in [6.07, 6.45) is 2.23. The molecule has 0 amide bonds. The van der Waals surface area contributed by atoms with Crippen LogP contribution in [0.4, 0.5) is 0 Å². The zero-order valence-electron chi connectivity index (χ0n) is 15.9. The van der Waals surface area contributed by atoms with Crippen molar-refractivity contribution in [2.45, 2.75) is 6.92 Å². The molecule has 0 saturated carbocycles. The highest BCUT2D eigenvalue weighted by Crippen LogP contribution is 2.29. The average molecular weight is 362 g/mol. The molecule has 0 bridgehead atoms. The van der Waals surface area contributed by atoms with E-state index >= 15 is 0 Å². The van der Waals surface area contributed by atoms with E-state index in [2.05, 4.69) is 85.8 Å². The Bertz CT molecular complexity index is 1040. The van der Waals surface area contributed by atoms with E-state index in [-0.39, 0.29) is 0 Å². The summed E-state index contributed by atoms with van der Waals surface area (Å²) in [7, 11) is 0. The van der Waals surface area contributed by atoms with E-state index in [0.29, 0.717) is 0 Å². The van der Waals surface area contributed by atoms with Gasteiger partial charge in [-0.1, -0.05) is 90.5 Å². The molecule has 0 radical (unpaired) electrons. The minimum atomic E-state index is 0.833. The molecule has 0 spiro atoms. The Labute approximate surface area is 166 Å². The van der Waals surface area contributed by atoms with Crippen LogP contribution in [-0.2, 0) is 0 Å². The second-order valence-electron chi connectivity index (χ2n) is 6.77. The Morgan fingerprint density at radius 2 is 1.07 bits per heavy atom. The fraction of sp³-hybridized carbons (Fsp3) is 0.0370. The third-order valence-corrected chi connectivity index (χ3v) is 4.62. The number of hydrogen-bond acceptors (Lipinski definition) is 1. The normalized spacial score (nSPS) is 11.2. The lowest BCUT2D eigenvalue weighted by Crippen LogP contribution is -1.90. The molecule has 0 saturated heterocycles. The summed E-state index contributed by atoms with van der Waals surface area (Å²) in [5, 5.41) is 0. The Balaban J connectivity index is 1.65. The van der Waals surface area contributed by atoms with E-state index in [1.165, 1.54) is 22.3 Å². The number of ether oxygens (including phenoxy) is 1. The zero-order valence-corrected chi connectivity index (χ0v) is 15.9. The van der Waals surface area contributed by atoms with Crippen LogP contribution < -0.4 is 4.74 Å². The van der Waals surface area contributed by atoms with E-state index in [1.54, 1.807) is 0 Å². The molecule has 1 nitrogen and oxygen atoms in total. The van der Waals surface area contributed by atoms with Gasteiger partial charge < -0.3 is 4.74 Å². The van der Waals surface area contributed by atoms with Gasteiger partial charge in [-0.15, -0.1) is 0 Å². The van der Waals surface area contributed by atoms with E-state index in [1.807, 2.05) is 36.4 Å². The van der Waals surface area contributed by atoms with E-state index in [9.17, 15) is 0 Å². The van der Waals surface area contributed by atoms with E-state index in [0.717, 1.165) is 17.1 Å². The summed E-state index contributed by atoms with van der Waals surface area (Å²) in [6, 6.07) is 37.3. The Morgan fingerprint density at radius 3 is 1.68 bits per heavy atom. The quantitative estimate of drug-likeness (QED) is 0.337. The zero-order chi connectivity index (χ0) is 19.2. The van der Waals surface area contributed by atoms with Crippen molar-refractivity contribution < 1.29 is 4.74 Å². The molecular weight excluding hydrogens is 340 g/mol. The SMILES string of the molecule is Cc1ccc(Oc2ccc(/C(=C/c3ccccc3)c3ccccc3)cc2)cc1. The van der Waals surface area contributed by atoms with Gasteiger partial charge in [0.25, 0.3) is 0 Å². The van der Waals surface area contributed by atoms with Gasteiger partial charge in [0.2, 0.25) is 0 Å². The summed E-state index contributed by atoms with van der Waals surface area (Å²) in [4.78, 5) is 0. The summed E-state index contributed by atoms with van der Waals surface area (Å²) in [5.74, 6) is 1.68. The van der Waals surface area contributed by atoms with Crippen LogP contribution in [0.2, 0.25) is 0 Å². The number of aryl methyl sites for hydroxylation is 1. The summed E-state index contributed by atoms with van der Waals surface area (Å²) in [6.45, 7) is 2.07. The van der Waals surface area contributed by atoms with Crippen LogP contribution in [0.5, 0.6) is 11.5 Å². The van der Waals surface area contributed by atoms with Gasteiger partial charge in [-0.25, -0.2) is 0 Å². The highest BCUT2D eigenvalue weighted by molar-refractivity contribution is 5.91. The summed E-state index contributed by atoms with van der Waals surface area (Å²) in [5.41, 5.74) is 5.95. The summed E-state index contributed by atoms with van der Waals surface area (Å²) < 4.78 is 5.97. The monoisotopic (exact) mass is 362 g/mol. The molecule has 4 rings (SSSR count). The predicted molar refractivity (Wildman–Crippen MR) is 118 cm³/mol. The third-order valence-electron chi connectivity index (χ3n) is 4.62. The third kappa shape index (κ3) is 4.39. The van der Waals surface area contributed by atoms with Crippen LogP contribution in [0, 0.1) is 6.92 Å². The van der Waals surface area contributed by atoms with E-state index in [4.69, 9.17) is 4.74 Å². The standard InChI is InChI=1S/C27H22O/c1-21-12-16-25(17-13-21)28-26-18-14-24(15-19-26)27(23-10-6-3-7-11-23)20-22-8-4-2-5-9-22/h2-20H,1H3/b27-20+. The molecule has 0 aliphatic heterocycles. The van der Waals surface area contributed by atoms with E-state index < -0.39 is 0 Å². The number of benzene rings is 4. The lowest BCUT2D eigenvalue weighted by molar-refractivity contribution is 0.482. The fourth-order valence-electron chi connectivity index (χ4n) is 3.11. The minimum Gasteiger partial charge on any atom is -0.457 e. The molecule has 28 heavy (non-hydrogen) atoms. The molecule has 136 valence electrons. The summed E-state index contributed by atoms with van der Waals surface area (Å²) >= 11 is 0. The maximum absolute atomic E-state index is 5.97. The molecule has 4 aromatic carbocycles. The van der Waals surface area contributed by atoms with Crippen LogP contribution in [-0.4, -0.2) is 0 Å². The Hall–Kier alpha value is -3.58. The smallest absolute Gasteiger partial charge is 0.127 e. The Kier molecular flexibility index (Phi) is 5.35. The van der Waals surface area contributed by atoms with Crippen LogP contribution in [0.1, 0.15) is 22.3 Å². The predicted octanol–water partition coefficient (Wildman–Crippen LogP) is 7.38. The molecule has 4 aromatic rings. The molecule has 1 heteroatoms. The van der Waals surface area contributed by atoms with Gasteiger partial charge in [0, 0.05) is 0 Å². The first-order chi connectivity index (χ1) is 13.8. The van der Waals surface area contributed by atoms with Gasteiger partial charge in [-0.05, 0) is 59.5 Å². The van der Waals surface area contributed by atoms with Crippen molar-refractivity contribution >= 4 is 11.6 Å². The van der Waals surface area contributed by atoms with Crippen molar-refractivity contribution in [1.29, 1.82) is 0 Å². The molecule has 0 aliphatic carbocycles. The highest BCUT2D eigenvalue weighted by atomic mass is 16.5.